The molecule has 0 saturated carbocycles. The Morgan fingerprint density at radius 2 is 1.95 bits per heavy atom. The van der Waals surface area contributed by atoms with Crippen molar-refractivity contribution in [2.24, 2.45) is 0 Å². The van der Waals surface area contributed by atoms with Gasteiger partial charge in [0.2, 0.25) is 10.0 Å². The zero-order chi connectivity index (χ0) is 14.3. The number of nitrogens with one attached hydrogen (secondary N) is 1. The molecule has 0 radical (unpaired) electrons. The van der Waals surface area contributed by atoms with Crippen molar-refractivity contribution < 1.29 is 16.8 Å². The van der Waals surface area contributed by atoms with Crippen LogP contribution in [0.2, 0.25) is 0 Å². The van der Waals surface area contributed by atoms with E-state index in [0.29, 0.717) is 10.2 Å². The fraction of sp³-hybridized carbons (Fsp3) is 0.300. The van der Waals surface area contributed by atoms with Crippen molar-refractivity contribution in [3.63, 3.8) is 0 Å². The zero-order valence-corrected chi connectivity index (χ0v) is 12.7. The average Bonchev–Trinajstić information content (AvgIpc) is 2.67. The second-order valence-corrected chi connectivity index (χ2v) is 8.98. The first-order chi connectivity index (χ1) is 8.71. The second kappa shape index (κ2) is 4.73. The van der Waals surface area contributed by atoms with E-state index in [-0.39, 0.29) is 15.8 Å². The van der Waals surface area contributed by atoms with Crippen LogP contribution in [0.25, 0.3) is 10.2 Å². The summed E-state index contributed by atoms with van der Waals surface area (Å²) in [5.41, 5.74) is 0.561. The van der Waals surface area contributed by atoms with Crippen LogP contribution in [0.4, 0.5) is 5.13 Å². The van der Waals surface area contributed by atoms with Crippen molar-refractivity contribution in [2.45, 2.75) is 11.8 Å². The molecule has 9 heteroatoms. The van der Waals surface area contributed by atoms with Gasteiger partial charge in [-0.3, -0.25) is 4.72 Å². The summed E-state index contributed by atoms with van der Waals surface area (Å²) in [5, 5.41) is 0.238. The van der Waals surface area contributed by atoms with Crippen LogP contribution in [-0.4, -0.2) is 33.8 Å². The summed E-state index contributed by atoms with van der Waals surface area (Å²) >= 11 is 1.10. The highest BCUT2D eigenvalue weighted by molar-refractivity contribution is 7.92. The van der Waals surface area contributed by atoms with Crippen LogP contribution < -0.4 is 4.72 Å². The summed E-state index contributed by atoms with van der Waals surface area (Å²) in [4.78, 5) is 4.29. The number of hydrogen-bond acceptors (Lipinski definition) is 6. The van der Waals surface area contributed by atoms with Gasteiger partial charge in [0.25, 0.3) is 0 Å². The van der Waals surface area contributed by atoms with E-state index >= 15 is 0 Å². The number of anilines is 1. The predicted octanol–water partition coefficient (Wildman–Crippen LogP) is 1.46. The minimum absolute atomic E-state index is 0.0441. The molecule has 19 heavy (non-hydrogen) atoms. The number of rotatable bonds is 4. The standard InChI is InChI=1S/C10H12N2O4S3/c1-3-19(15,16)12-10-11-8-5-4-7(18(2,13)14)6-9(8)17-10/h4-6H,3H2,1-2H3,(H,11,12). The lowest BCUT2D eigenvalue weighted by Gasteiger charge is -1.99. The maximum atomic E-state index is 11.4. The monoisotopic (exact) mass is 320 g/mol. The topological polar surface area (TPSA) is 93.2 Å². The number of thiazole rings is 1. The summed E-state index contributed by atoms with van der Waals surface area (Å²) in [5.74, 6) is -0.0441. The molecule has 1 heterocycles. The largest absolute Gasteiger partial charge is 0.259 e. The van der Waals surface area contributed by atoms with Crippen LogP contribution in [0.15, 0.2) is 23.1 Å². The van der Waals surface area contributed by atoms with E-state index in [9.17, 15) is 16.8 Å². The molecule has 104 valence electrons. The molecular formula is C10H12N2O4S3. The van der Waals surface area contributed by atoms with Crippen molar-refractivity contribution >= 4 is 46.5 Å². The predicted molar refractivity (Wildman–Crippen MR) is 75.8 cm³/mol. The van der Waals surface area contributed by atoms with Gasteiger partial charge < -0.3 is 0 Å². The first-order valence-electron chi connectivity index (χ1n) is 5.32. The summed E-state index contributed by atoms with van der Waals surface area (Å²) < 4.78 is 48.7. The molecule has 0 amide bonds. The number of benzene rings is 1. The molecule has 2 rings (SSSR count). The third-order valence-corrected chi connectivity index (χ3v) is 5.85. The number of aromatic nitrogens is 1. The molecule has 0 unspecified atom stereocenters. The van der Waals surface area contributed by atoms with Gasteiger partial charge in [0.1, 0.15) is 0 Å². The fourth-order valence-electron chi connectivity index (χ4n) is 1.38. The summed E-state index contributed by atoms with van der Waals surface area (Å²) in [6.45, 7) is 1.53. The summed E-state index contributed by atoms with van der Waals surface area (Å²) in [6, 6.07) is 4.51. The molecule has 1 aromatic carbocycles. The highest BCUT2D eigenvalue weighted by Gasteiger charge is 2.13. The van der Waals surface area contributed by atoms with E-state index < -0.39 is 19.9 Å². The summed E-state index contributed by atoms with van der Waals surface area (Å²) in [7, 11) is -6.66. The molecule has 1 aromatic heterocycles. The van der Waals surface area contributed by atoms with E-state index in [1.807, 2.05) is 0 Å². The normalized spacial score (nSPS) is 12.7. The van der Waals surface area contributed by atoms with Crippen LogP contribution in [0.3, 0.4) is 0 Å². The van der Waals surface area contributed by atoms with Crippen LogP contribution in [-0.2, 0) is 19.9 Å². The Kier molecular flexibility index (Phi) is 3.54. The Bertz CT molecular complexity index is 822. The molecule has 6 nitrogen and oxygen atoms in total. The molecule has 0 bridgehead atoms. The number of sulfone groups is 1. The fourth-order valence-corrected chi connectivity index (χ4v) is 3.87. The molecule has 2 aromatic rings. The second-order valence-electron chi connectivity index (χ2n) is 3.93. The van der Waals surface area contributed by atoms with E-state index in [0.717, 1.165) is 17.6 Å². The lowest BCUT2D eigenvalue weighted by Crippen LogP contribution is -2.14. The smallest absolute Gasteiger partial charge is 0.234 e. The number of hydrogen-bond donors (Lipinski definition) is 1. The minimum atomic E-state index is -3.38. The molecule has 0 aliphatic heterocycles. The number of fused-ring (bicyclic) bond motifs is 1. The first kappa shape index (κ1) is 14.2. The maximum Gasteiger partial charge on any atom is 0.234 e. The van der Waals surface area contributed by atoms with Gasteiger partial charge in [-0.25, -0.2) is 21.8 Å². The van der Waals surface area contributed by atoms with Gasteiger partial charge in [-0.2, -0.15) is 0 Å². The van der Waals surface area contributed by atoms with Gasteiger partial charge in [0.15, 0.2) is 15.0 Å². The van der Waals surface area contributed by atoms with Crippen molar-refractivity contribution in [3.05, 3.63) is 18.2 Å². The lowest BCUT2D eigenvalue weighted by atomic mass is 10.3. The van der Waals surface area contributed by atoms with Crippen LogP contribution in [0.5, 0.6) is 0 Å². The molecule has 0 saturated heterocycles. The highest BCUT2D eigenvalue weighted by Crippen LogP contribution is 2.28. The van der Waals surface area contributed by atoms with Gasteiger partial charge in [-0.1, -0.05) is 11.3 Å². The first-order valence-corrected chi connectivity index (χ1v) is 9.68. The summed E-state index contributed by atoms with van der Waals surface area (Å²) in [6.07, 6.45) is 1.12. The van der Waals surface area contributed by atoms with Gasteiger partial charge in [0, 0.05) is 6.26 Å². The zero-order valence-electron chi connectivity index (χ0n) is 10.2. The number of sulfonamides is 1. The van der Waals surface area contributed by atoms with Crippen molar-refractivity contribution in [1.29, 1.82) is 0 Å². The van der Waals surface area contributed by atoms with Crippen molar-refractivity contribution in [1.82, 2.24) is 4.98 Å². The Morgan fingerprint density at radius 3 is 2.53 bits per heavy atom. The molecular weight excluding hydrogens is 308 g/mol. The van der Waals surface area contributed by atoms with Gasteiger partial charge in [0.05, 0.1) is 20.9 Å². The average molecular weight is 320 g/mol. The van der Waals surface area contributed by atoms with Crippen LogP contribution in [0, 0.1) is 0 Å². The Hall–Kier alpha value is -1.19. The maximum absolute atomic E-state index is 11.4. The van der Waals surface area contributed by atoms with Crippen molar-refractivity contribution in [2.75, 3.05) is 16.7 Å². The van der Waals surface area contributed by atoms with Gasteiger partial charge in [-0.05, 0) is 25.1 Å². The highest BCUT2D eigenvalue weighted by atomic mass is 32.2. The Labute approximate surface area is 115 Å². The third-order valence-electron chi connectivity index (χ3n) is 2.41. The SMILES string of the molecule is CCS(=O)(=O)Nc1nc2ccc(S(C)(=O)=O)cc2s1. The minimum Gasteiger partial charge on any atom is -0.259 e. The molecule has 1 N–H and O–H groups in total. The third kappa shape index (κ3) is 3.23. The van der Waals surface area contributed by atoms with Gasteiger partial charge in [-0.15, -0.1) is 0 Å². The van der Waals surface area contributed by atoms with E-state index in [4.69, 9.17) is 0 Å². The van der Waals surface area contributed by atoms with Crippen molar-refractivity contribution in [3.8, 4) is 0 Å². The lowest BCUT2D eigenvalue weighted by molar-refractivity contribution is 0.600. The van der Waals surface area contributed by atoms with E-state index in [2.05, 4.69) is 9.71 Å². The van der Waals surface area contributed by atoms with E-state index in [1.165, 1.54) is 19.1 Å². The molecule has 0 aliphatic rings. The van der Waals surface area contributed by atoms with Crippen LogP contribution >= 0.6 is 11.3 Å². The molecule has 0 aliphatic carbocycles. The quantitative estimate of drug-likeness (QED) is 0.920. The Balaban J connectivity index is 2.47. The molecule has 0 atom stereocenters. The van der Waals surface area contributed by atoms with Gasteiger partial charge >= 0.3 is 0 Å². The van der Waals surface area contributed by atoms with Crippen LogP contribution in [0.1, 0.15) is 6.92 Å². The molecule has 0 spiro atoms. The number of nitrogens with zero attached hydrogens (tertiary/aromatic N) is 1. The molecule has 0 fully saturated rings. The van der Waals surface area contributed by atoms with E-state index in [1.54, 1.807) is 6.07 Å². The Morgan fingerprint density at radius 1 is 1.26 bits per heavy atom.